The summed E-state index contributed by atoms with van der Waals surface area (Å²) < 4.78 is 9.54. The van der Waals surface area contributed by atoms with Gasteiger partial charge in [-0.05, 0) is 6.92 Å². The van der Waals surface area contributed by atoms with Gasteiger partial charge in [0.15, 0.2) is 6.10 Å². The fourth-order valence-electron chi connectivity index (χ4n) is 0.656. The van der Waals surface area contributed by atoms with Gasteiger partial charge in [-0.3, -0.25) is 9.59 Å². The summed E-state index contributed by atoms with van der Waals surface area (Å²) in [6.07, 6.45) is 1.39. The van der Waals surface area contributed by atoms with Crippen LogP contribution in [0, 0.1) is 6.10 Å². The van der Waals surface area contributed by atoms with Crippen molar-refractivity contribution in [3.8, 4) is 0 Å². The van der Waals surface area contributed by atoms with Crippen molar-refractivity contribution < 1.29 is 19.1 Å². The van der Waals surface area contributed by atoms with Crippen LogP contribution in [-0.2, 0) is 19.1 Å². The number of hydrogen-bond donors (Lipinski definition) is 0. The molecule has 75 valence electrons. The summed E-state index contributed by atoms with van der Waals surface area (Å²) in [5, 5.41) is 0. The van der Waals surface area contributed by atoms with Crippen LogP contribution in [-0.4, -0.2) is 18.5 Å². The smallest absolute Gasteiger partial charge is 0.306 e. The summed E-state index contributed by atoms with van der Waals surface area (Å²) in [5.74, 6) is -0.588. The van der Waals surface area contributed by atoms with E-state index in [2.05, 4.69) is 4.74 Å². The summed E-state index contributed by atoms with van der Waals surface area (Å²) in [6, 6.07) is 0. The molecule has 0 aromatic rings. The molecule has 13 heavy (non-hydrogen) atoms. The van der Waals surface area contributed by atoms with Gasteiger partial charge in [0.2, 0.25) is 0 Å². The summed E-state index contributed by atoms with van der Waals surface area (Å²) in [7, 11) is 0. The van der Waals surface area contributed by atoms with Crippen LogP contribution >= 0.6 is 0 Å². The van der Waals surface area contributed by atoms with E-state index in [1.165, 1.54) is 6.92 Å². The molecular weight excluding hydrogens is 172 g/mol. The minimum atomic E-state index is -0.324. The van der Waals surface area contributed by atoms with Gasteiger partial charge >= 0.3 is 11.9 Å². The van der Waals surface area contributed by atoms with Gasteiger partial charge < -0.3 is 9.47 Å². The van der Waals surface area contributed by atoms with Crippen LogP contribution in [0.4, 0.5) is 0 Å². The third kappa shape index (κ3) is 7.31. The zero-order valence-corrected chi connectivity index (χ0v) is 8.25. The van der Waals surface area contributed by atoms with E-state index in [-0.39, 0.29) is 18.5 Å². The van der Waals surface area contributed by atoms with Crippen molar-refractivity contribution in [1.29, 1.82) is 0 Å². The van der Waals surface area contributed by atoms with E-state index in [1.54, 1.807) is 13.8 Å². The Kier molecular flexibility index (Phi) is 5.93. The van der Waals surface area contributed by atoms with E-state index < -0.39 is 0 Å². The highest BCUT2D eigenvalue weighted by Crippen LogP contribution is 2.07. The second-order valence-electron chi connectivity index (χ2n) is 2.62. The molecule has 0 spiro atoms. The van der Waals surface area contributed by atoms with Crippen LogP contribution in [0.25, 0.3) is 0 Å². The van der Waals surface area contributed by atoms with E-state index in [9.17, 15) is 9.59 Å². The van der Waals surface area contributed by atoms with E-state index in [0.717, 1.165) is 0 Å². The van der Waals surface area contributed by atoms with Gasteiger partial charge in [-0.1, -0.05) is 6.92 Å². The van der Waals surface area contributed by atoms with Crippen molar-refractivity contribution in [2.75, 3.05) is 6.61 Å². The molecule has 0 saturated carbocycles. The lowest BCUT2D eigenvalue weighted by molar-refractivity contribution is -0.143. The molecule has 0 aliphatic heterocycles. The maximum atomic E-state index is 10.8. The molecular formula is C9H15O4. The fourth-order valence-corrected chi connectivity index (χ4v) is 0.656. The Labute approximate surface area is 78.2 Å². The van der Waals surface area contributed by atoms with Crippen molar-refractivity contribution in [1.82, 2.24) is 0 Å². The minimum Gasteiger partial charge on any atom is -0.466 e. The number of hydrogen-bond acceptors (Lipinski definition) is 4. The quantitative estimate of drug-likeness (QED) is 0.611. The number of carbonyl (C=O) groups is 2. The number of ether oxygens (including phenoxy) is 2. The van der Waals surface area contributed by atoms with Crippen LogP contribution in [0.15, 0.2) is 0 Å². The Morgan fingerprint density at radius 1 is 1.23 bits per heavy atom. The van der Waals surface area contributed by atoms with Crippen LogP contribution in [0.5, 0.6) is 0 Å². The molecule has 0 aromatic heterocycles. The standard InChI is InChI=1S/C9H15O4/c1-4-9(11)13-7(2)5-6-12-8(3)10/h4-6H2,1-3H3. The molecule has 0 fully saturated rings. The van der Waals surface area contributed by atoms with Crippen LogP contribution in [0.1, 0.15) is 33.6 Å². The highest BCUT2D eigenvalue weighted by Gasteiger charge is 2.09. The highest BCUT2D eigenvalue weighted by molar-refractivity contribution is 5.69. The maximum absolute atomic E-state index is 10.8. The molecule has 0 unspecified atom stereocenters. The fraction of sp³-hybridized carbons (Fsp3) is 0.667. The van der Waals surface area contributed by atoms with Crippen molar-refractivity contribution >= 4 is 11.9 Å². The van der Waals surface area contributed by atoms with Crippen LogP contribution in [0.2, 0.25) is 0 Å². The number of carbonyl (C=O) groups excluding carboxylic acids is 2. The van der Waals surface area contributed by atoms with Gasteiger partial charge in [0.1, 0.15) is 0 Å². The second kappa shape index (κ2) is 6.46. The first-order valence-corrected chi connectivity index (χ1v) is 4.22. The third-order valence-corrected chi connectivity index (χ3v) is 1.34. The first kappa shape index (κ1) is 11.9. The van der Waals surface area contributed by atoms with E-state index in [4.69, 9.17) is 4.74 Å². The summed E-state index contributed by atoms with van der Waals surface area (Å²) >= 11 is 0. The molecule has 0 aromatic carbocycles. The SMILES string of the molecule is CCC(=O)O[C](C)CCOC(C)=O. The highest BCUT2D eigenvalue weighted by atomic mass is 16.6. The molecule has 0 N–H and O–H groups in total. The van der Waals surface area contributed by atoms with Gasteiger partial charge in [0, 0.05) is 19.8 Å². The van der Waals surface area contributed by atoms with E-state index in [1.807, 2.05) is 0 Å². The average Bonchev–Trinajstić information content (AvgIpc) is 2.03. The lowest BCUT2D eigenvalue weighted by atomic mass is 10.3. The zero-order valence-electron chi connectivity index (χ0n) is 8.25. The third-order valence-electron chi connectivity index (χ3n) is 1.34. The second-order valence-corrected chi connectivity index (χ2v) is 2.62. The zero-order chi connectivity index (χ0) is 10.3. The monoisotopic (exact) mass is 187 g/mol. The summed E-state index contributed by atoms with van der Waals surface area (Å²) in [6.45, 7) is 5.02. The van der Waals surface area contributed by atoms with Gasteiger partial charge in [-0.15, -0.1) is 0 Å². The Morgan fingerprint density at radius 3 is 2.31 bits per heavy atom. The normalized spacial score (nSPS) is 9.85. The van der Waals surface area contributed by atoms with Crippen molar-refractivity contribution in [3.05, 3.63) is 6.10 Å². The lowest BCUT2D eigenvalue weighted by Crippen LogP contribution is -2.10. The van der Waals surface area contributed by atoms with Crippen LogP contribution < -0.4 is 0 Å². The molecule has 0 aliphatic rings. The first-order chi connectivity index (χ1) is 6.06. The average molecular weight is 187 g/mol. The van der Waals surface area contributed by atoms with Crippen LogP contribution in [0.3, 0.4) is 0 Å². The predicted molar refractivity (Wildman–Crippen MR) is 46.6 cm³/mol. The maximum Gasteiger partial charge on any atom is 0.306 e. The molecule has 0 aliphatic carbocycles. The van der Waals surface area contributed by atoms with Crippen molar-refractivity contribution in [3.63, 3.8) is 0 Å². The molecule has 0 bridgehead atoms. The molecule has 4 heteroatoms. The Balaban J connectivity index is 3.45. The van der Waals surface area contributed by atoms with Gasteiger partial charge in [0.05, 0.1) is 6.61 Å². The molecule has 0 atom stereocenters. The molecule has 0 heterocycles. The predicted octanol–water partition coefficient (Wildman–Crippen LogP) is 1.44. The van der Waals surface area contributed by atoms with E-state index in [0.29, 0.717) is 18.9 Å². The molecule has 0 saturated heterocycles. The van der Waals surface area contributed by atoms with Gasteiger partial charge in [-0.25, -0.2) is 0 Å². The molecule has 4 nitrogen and oxygen atoms in total. The van der Waals surface area contributed by atoms with Crippen molar-refractivity contribution in [2.24, 2.45) is 0 Å². The largest absolute Gasteiger partial charge is 0.466 e. The Morgan fingerprint density at radius 2 is 1.85 bits per heavy atom. The van der Waals surface area contributed by atoms with Crippen molar-refractivity contribution in [2.45, 2.75) is 33.6 Å². The molecule has 1 radical (unpaired) electrons. The molecule has 0 amide bonds. The Hall–Kier alpha value is -1.06. The number of esters is 2. The molecule has 0 rings (SSSR count). The lowest BCUT2D eigenvalue weighted by Gasteiger charge is -2.10. The van der Waals surface area contributed by atoms with Gasteiger partial charge in [0.25, 0.3) is 0 Å². The first-order valence-electron chi connectivity index (χ1n) is 4.22. The summed E-state index contributed by atoms with van der Waals surface area (Å²) in [5.41, 5.74) is 0. The van der Waals surface area contributed by atoms with Gasteiger partial charge in [-0.2, -0.15) is 0 Å². The van der Waals surface area contributed by atoms with E-state index >= 15 is 0 Å². The minimum absolute atomic E-state index is 0.262. The topological polar surface area (TPSA) is 52.6 Å². The summed E-state index contributed by atoms with van der Waals surface area (Å²) in [4.78, 5) is 21.1. The Bertz CT molecular complexity index is 176. The number of rotatable bonds is 5.